The lowest BCUT2D eigenvalue weighted by molar-refractivity contribution is 0.00277. The zero-order valence-electron chi connectivity index (χ0n) is 9.98. The first-order valence-electron chi connectivity index (χ1n) is 5.80. The topological polar surface area (TPSA) is 42.6 Å². The normalized spacial score (nSPS) is 13.3. The minimum absolute atomic E-state index is 0.0380. The fourth-order valence-electron chi connectivity index (χ4n) is 1.72. The van der Waals surface area contributed by atoms with Crippen molar-refractivity contribution >= 4 is 22.6 Å². The molecule has 0 amide bonds. The Hall–Kier alpha value is -1.17. The molecule has 1 aromatic carbocycles. The summed E-state index contributed by atoms with van der Waals surface area (Å²) in [7, 11) is 0. The van der Waals surface area contributed by atoms with Gasteiger partial charge in [0, 0.05) is 18.4 Å². The maximum Gasteiger partial charge on any atom is 0.261 e. The molecule has 3 nitrogen and oxygen atoms in total. The average molecular weight is 291 g/mol. The van der Waals surface area contributed by atoms with E-state index in [9.17, 15) is 13.9 Å². The van der Waals surface area contributed by atoms with Gasteiger partial charge in [-0.1, -0.05) is 23.7 Å². The second kappa shape index (κ2) is 6.32. The highest BCUT2D eigenvalue weighted by atomic mass is 35.5. The van der Waals surface area contributed by atoms with Crippen molar-refractivity contribution in [2.75, 3.05) is 13.2 Å². The number of para-hydroxylation sites is 1. The van der Waals surface area contributed by atoms with E-state index in [1.165, 1.54) is 0 Å². The van der Waals surface area contributed by atoms with Gasteiger partial charge in [-0.15, -0.1) is 0 Å². The Morgan fingerprint density at radius 3 is 2.84 bits per heavy atom. The number of hydrogen-bond acceptors (Lipinski definition) is 3. The van der Waals surface area contributed by atoms with Gasteiger partial charge in [0.1, 0.15) is 18.5 Å². The van der Waals surface area contributed by atoms with E-state index in [2.05, 4.69) is 0 Å². The van der Waals surface area contributed by atoms with Crippen LogP contribution >= 0.6 is 11.6 Å². The molecule has 0 saturated carbocycles. The number of ether oxygens (including phenoxy) is 1. The summed E-state index contributed by atoms with van der Waals surface area (Å²) in [5, 5.41) is 11.1. The quantitative estimate of drug-likeness (QED) is 0.823. The Bertz CT molecular complexity index is 542. The molecule has 0 bridgehead atoms. The van der Waals surface area contributed by atoms with Gasteiger partial charge in [-0.3, -0.25) is 0 Å². The second-order valence-electron chi connectivity index (χ2n) is 4.08. The Balaban J connectivity index is 1.97. The summed E-state index contributed by atoms with van der Waals surface area (Å²) < 4.78 is 33.9. The van der Waals surface area contributed by atoms with Crippen LogP contribution in [-0.2, 0) is 4.74 Å². The third kappa shape index (κ3) is 3.65. The predicted molar refractivity (Wildman–Crippen MR) is 67.6 cm³/mol. The van der Waals surface area contributed by atoms with Crippen LogP contribution in [-0.4, -0.2) is 24.7 Å². The molecule has 1 N–H and O–H groups in total. The van der Waals surface area contributed by atoms with E-state index in [1.54, 1.807) is 18.2 Å². The lowest BCUT2D eigenvalue weighted by Crippen LogP contribution is -2.08. The zero-order chi connectivity index (χ0) is 13.8. The average Bonchev–Trinajstić information content (AvgIpc) is 2.79. The number of fused-ring (bicyclic) bond motifs is 1. The molecule has 0 fully saturated rings. The first-order valence-corrected chi connectivity index (χ1v) is 6.17. The van der Waals surface area contributed by atoms with Crippen molar-refractivity contribution in [1.82, 2.24) is 0 Å². The van der Waals surface area contributed by atoms with E-state index < -0.39 is 19.1 Å². The number of benzene rings is 1. The first kappa shape index (κ1) is 14.2. The summed E-state index contributed by atoms with van der Waals surface area (Å²) in [6, 6.07) is 6.96. The minimum atomic E-state index is -2.50. The number of furan rings is 1. The molecule has 6 heteroatoms. The van der Waals surface area contributed by atoms with Gasteiger partial charge in [-0.25, -0.2) is 8.78 Å². The summed E-state index contributed by atoms with van der Waals surface area (Å²) in [4.78, 5) is 0. The van der Waals surface area contributed by atoms with Crippen molar-refractivity contribution in [3.05, 3.63) is 35.0 Å². The van der Waals surface area contributed by atoms with Crippen LogP contribution in [0.4, 0.5) is 8.78 Å². The number of halogens is 3. The maximum atomic E-state index is 11.8. The van der Waals surface area contributed by atoms with Gasteiger partial charge in [0.05, 0.1) is 5.02 Å². The molecule has 104 valence electrons. The summed E-state index contributed by atoms with van der Waals surface area (Å²) in [5.41, 5.74) is 0.506. The van der Waals surface area contributed by atoms with Crippen molar-refractivity contribution in [3.63, 3.8) is 0 Å². The van der Waals surface area contributed by atoms with Crippen LogP contribution in [0.15, 0.2) is 28.7 Å². The van der Waals surface area contributed by atoms with Gasteiger partial charge < -0.3 is 14.3 Å². The molecule has 0 aliphatic carbocycles. The molecular weight excluding hydrogens is 278 g/mol. The van der Waals surface area contributed by atoms with Crippen molar-refractivity contribution < 1.29 is 23.0 Å². The fourth-order valence-corrected chi connectivity index (χ4v) is 1.94. The van der Waals surface area contributed by atoms with Crippen molar-refractivity contribution in [1.29, 1.82) is 0 Å². The van der Waals surface area contributed by atoms with Crippen LogP contribution in [0.5, 0.6) is 0 Å². The third-order valence-electron chi connectivity index (χ3n) is 2.62. The highest BCUT2D eigenvalue weighted by molar-refractivity contribution is 6.34. The van der Waals surface area contributed by atoms with E-state index in [1.807, 2.05) is 6.07 Å². The van der Waals surface area contributed by atoms with E-state index in [4.69, 9.17) is 20.8 Å². The molecule has 19 heavy (non-hydrogen) atoms. The summed E-state index contributed by atoms with van der Waals surface area (Å²) >= 11 is 5.95. The third-order valence-corrected chi connectivity index (χ3v) is 2.92. The van der Waals surface area contributed by atoms with E-state index in [-0.39, 0.29) is 13.0 Å². The fraction of sp³-hybridized carbons (Fsp3) is 0.385. The van der Waals surface area contributed by atoms with Gasteiger partial charge in [0.15, 0.2) is 5.58 Å². The van der Waals surface area contributed by atoms with E-state index in [0.29, 0.717) is 16.4 Å². The lowest BCUT2D eigenvalue weighted by atomic mass is 10.2. The predicted octanol–water partition coefficient (Wildman–Crippen LogP) is 3.79. The molecule has 1 atom stereocenters. The second-order valence-corrected chi connectivity index (χ2v) is 4.48. The van der Waals surface area contributed by atoms with Crippen LogP contribution in [0.2, 0.25) is 5.02 Å². The summed E-state index contributed by atoms with van der Waals surface area (Å²) in [5.74, 6) is 0.351. The molecule has 1 heterocycles. The summed E-state index contributed by atoms with van der Waals surface area (Å²) in [6.45, 7) is -0.588. The maximum absolute atomic E-state index is 11.8. The van der Waals surface area contributed by atoms with Crippen LogP contribution in [0.25, 0.3) is 11.0 Å². The Kier molecular flexibility index (Phi) is 4.74. The van der Waals surface area contributed by atoms with Gasteiger partial charge in [-0.2, -0.15) is 0 Å². The monoisotopic (exact) mass is 290 g/mol. The molecule has 0 spiro atoms. The highest BCUT2D eigenvalue weighted by Gasteiger charge is 2.15. The number of rotatable bonds is 6. The van der Waals surface area contributed by atoms with E-state index in [0.717, 1.165) is 5.39 Å². The van der Waals surface area contributed by atoms with Crippen molar-refractivity contribution in [2.45, 2.75) is 19.0 Å². The summed E-state index contributed by atoms with van der Waals surface area (Å²) in [6.07, 6.45) is -3.22. The van der Waals surface area contributed by atoms with Crippen LogP contribution < -0.4 is 0 Å². The standard InChI is InChI=1S/C13H13ClF2O3/c14-9-3-1-2-8-6-11(19-13(8)9)10(17)4-5-18-7-12(15)16/h1-3,6,10,12,17H,4-5,7H2. The van der Waals surface area contributed by atoms with Gasteiger partial charge in [0.2, 0.25) is 0 Å². The SMILES string of the molecule is OC(CCOCC(F)F)c1cc2cccc(Cl)c2o1. The van der Waals surface area contributed by atoms with Gasteiger partial charge in [0.25, 0.3) is 6.43 Å². The van der Waals surface area contributed by atoms with Crippen molar-refractivity contribution in [3.8, 4) is 0 Å². The van der Waals surface area contributed by atoms with Crippen LogP contribution in [0.3, 0.4) is 0 Å². The molecular formula is C13H13ClF2O3. The zero-order valence-corrected chi connectivity index (χ0v) is 10.7. The highest BCUT2D eigenvalue weighted by Crippen LogP contribution is 2.30. The number of aliphatic hydroxyl groups is 1. The lowest BCUT2D eigenvalue weighted by Gasteiger charge is -2.07. The molecule has 1 aromatic heterocycles. The Morgan fingerprint density at radius 1 is 1.37 bits per heavy atom. The first-order chi connectivity index (χ1) is 9.08. The molecule has 2 rings (SSSR count). The number of aliphatic hydroxyl groups excluding tert-OH is 1. The van der Waals surface area contributed by atoms with Crippen LogP contribution in [0.1, 0.15) is 18.3 Å². The van der Waals surface area contributed by atoms with E-state index >= 15 is 0 Å². The largest absolute Gasteiger partial charge is 0.457 e. The number of alkyl halides is 2. The van der Waals surface area contributed by atoms with Crippen LogP contribution in [0, 0.1) is 0 Å². The molecule has 0 aliphatic heterocycles. The molecule has 1 unspecified atom stereocenters. The smallest absolute Gasteiger partial charge is 0.261 e. The Labute approximate surface area is 113 Å². The number of hydrogen-bond donors (Lipinski definition) is 1. The minimum Gasteiger partial charge on any atom is -0.457 e. The Morgan fingerprint density at radius 2 is 2.16 bits per heavy atom. The molecule has 0 saturated heterocycles. The van der Waals surface area contributed by atoms with Gasteiger partial charge in [-0.05, 0) is 12.1 Å². The van der Waals surface area contributed by atoms with Gasteiger partial charge >= 0.3 is 0 Å². The molecule has 2 aromatic rings. The molecule has 0 aliphatic rings. The molecule has 0 radical (unpaired) electrons. The van der Waals surface area contributed by atoms with Crippen molar-refractivity contribution in [2.24, 2.45) is 0 Å².